The zero-order chi connectivity index (χ0) is 11.1. The molecule has 0 aromatic carbocycles. The Kier molecular flexibility index (Phi) is 6.49. The van der Waals surface area contributed by atoms with Gasteiger partial charge >= 0.3 is 0 Å². The molecule has 2 atom stereocenters. The quantitative estimate of drug-likeness (QED) is 0.572. The third-order valence-corrected chi connectivity index (χ3v) is 2.27. The van der Waals surface area contributed by atoms with Crippen LogP contribution in [0, 0.1) is 11.8 Å². The molecule has 0 saturated heterocycles. The van der Waals surface area contributed by atoms with Crippen molar-refractivity contribution in [3.8, 4) is 0 Å². The van der Waals surface area contributed by atoms with Gasteiger partial charge in [-0.1, -0.05) is 20.8 Å². The van der Waals surface area contributed by atoms with E-state index in [1.807, 2.05) is 20.8 Å². The average Bonchev–Trinajstić information content (AvgIpc) is 2.13. The van der Waals surface area contributed by atoms with E-state index in [0.717, 1.165) is 0 Å². The molecule has 0 aliphatic heterocycles. The van der Waals surface area contributed by atoms with Crippen molar-refractivity contribution in [2.45, 2.75) is 33.2 Å². The molecule has 0 saturated carbocycles. The van der Waals surface area contributed by atoms with Crippen LogP contribution in [0.5, 0.6) is 0 Å². The minimum Gasteiger partial charge on any atom is -0.396 e. The van der Waals surface area contributed by atoms with E-state index >= 15 is 0 Å². The third kappa shape index (κ3) is 5.19. The van der Waals surface area contributed by atoms with Crippen LogP contribution in [-0.4, -0.2) is 30.2 Å². The number of amides is 1. The van der Waals surface area contributed by atoms with Gasteiger partial charge in [0, 0.05) is 13.2 Å². The highest BCUT2D eigenvalue weighted by molar-refractivity contribution is 5.81. The molecular formula is C10H22N2O2. The summed E-state index contributed by atoms with van der Waals surface area (Å²) in [5.74, 6) is 0.344. The molecule has 0 aromatic heterocycles. The maximum Gasteiger partial charge on any atom is 0.237 e. The maximum atomic E-state index is 11.4. The number of hydrogen-bond acceptors (Lipinski definition) is 3. The zero-order valence-corrected chi connectivity index (χ0v) is 9.29. The van der Waals surface area contributed by atoms with Crippen LogP contribution >= 0.6 is 0 Å². The minimum absolute atomic E-state index is 0.107. The Hall–Kier alpha value is -0.610. The van der Waals surface area contributed by atoms with Crippen molar-refractivity contribution in [2.24, 2.45) is 17.6 Å². The Bertz CT molecular complexity index is 172. The lowest BCUT2D eigenvalue weighted by Crippen LogP contribution is -2.45. The van der Waals surface area contributed by atoms with E-state index in [9.17, 15) is 4.79 Å². The van der Waals surface area contributed by atoms with Gasteiger partial charge in [0.15, 0.2) is 0 Å². The normalized spacial score (nSPS) is 15.3. The highest BCUT2D eigenvalue weighted by atomic mass is 16.3. The van der Waals surface area contributed by atoms with Crippen LogP contribution < -0.4 is 11.1 Å². The summed E-state index contributed by atoms with van der Waals surface area (Å²) in [5, 5.41) is 11.4. The fraction of sp³-hybridized carbons (Fsp3) is 0.900. The van der Waals surface area contributed by atoms with Crippen LogP contribution in [-0.2, 0) is 4.79 Å². The molecule has 1 amide bonds. The number of aliphatic hydroxyl groups is 1. The summed E-state index contributed by atoms with van der Waals surface area (Å²) >= 11 is 0. The molecule has 0 fully saturated rings. The Morgan fingerprint density at radius 1 is 1.43 bits per heavy atom. The summed E-state index contributed by atoms with van der Waals surface area (Å²) in [5.41, 5.74) is 5.66. The van der Waals surface area contributed by atoms with Crippen LogP contribution in [0.2, 0.25) is 0 Å². The molecule has 84 valence electrons. The molecular weight excluding hydrogens is 180 g/mol. The number of rotatable bonds is 6. The van der Waals surface area contributed by atoms with Gasteiger partial charge < -0.3 is 16.2 Å². The van der Waals surface area contributed by atoms with E-state index in [1.165, 1.54) is 0 Å². The molecule has 0 rings (SSSR count). The molecule has 0 aliphatic rings. The fourth-order valence-corrected chi connectivity index (χ4v) is 1.02. The van der Waals surface area contributed by atoms with Gasteiger partial charge in [-0.25, -0.2) is 0 Å². The van der Waals surface area contributed by atoms with Crippen molar-refractivity contribution in [1.82, 2.24) is 5.32 Å². The highest BCUT2D eigenvalue weighted by Gasteiger charge is 2.16. The first-order chi connectivity index (χ1) is 6.49. The van der Waals surface area contributed by atoms with Crippen molar-refractivity contribution in [3.05, 3.63) is 0 Å². The average molecular weight is 202 g/mol. The molecule has 0 bridgehead atoms. The number of aliphatic hydroxyl groups excluding tert-OH is 1. The first-order valence-electron chi connectivity index (χ1n) is 5.13. The second kappa shape index (κ2) is 6.79. The number of nitrogens with two attached hydrogens (primary N) is 1. The van der Waals surface area contributed by atoms with Crippen molar-refractivity contribution in [2.75, 3.05) is 13.2 Å². The van der Waals surface area contributed by atoms with Crippen LogP contribution in [0.3, 0.4) is 0 Å². The predicted molar refractivity (Wildman–Crippen MR) is 56.7 cm³/mol. The molecule has 0 spiro atoms. The lowest BCUT2D eigenvalue weighted by molar-refractivity contribution is -0.123. The number of carbonyl (C=O) groups is 1. The Morgan fingerprint density at radius 2 is 2.00 bits per heavy atom. The summed E-state index contributed by atoms with van der Waals surface area (Å²) in [6.07, 6.45) is 0.706. The molecule has 0 aromatic rings. The summed E-state index contributed by atoms with van der Waals surface area (Å²) in [7, 11) is 0. The van der Waals surface area contributed by atoms with Gasteiger partial charge in [-0.2, -0.15) is 0 Å². The molecule has 4 nitrogen and oxygen atoms in total. The standard InChI is InChI=1S/C10H22N2O2/c1-7(2)9(11)10(14)12-6-8(3)4-5-13/h7-9,13H,4-6,11H2,1-3H3,(H,12,14)/t8?,9-/m0/s1. The zero-order valence-electron chi connectivity index (χ0n) is 9.29. The maximum absolute atomic E-state index is 11.4. The van der Waals surface area contributed by atoms with Crippen molar-refractivity contribution in [1.29, 1.82) is 0 Å². The van der Waals surface area contributed by atoms with Crippen LogP contribution in [0.15, 0.2) is 0 Å². The molecule has 1 unspecified atom stereocenters. The number of hydrogen-bond donors (Lipinski definition) is 3. The minimum atomic E-state index is -0.434. The van der Waals surface area contributed by atoms with Gasteiger partial charge in [0.05, 0.1) is 6.04 Å². The summed E-state index contributed by atoms with van der Waals surface area (Å²) in [6.45, 7) is 6.56. The fourth-order valence-electron chi connectivity index (χ4n) is 1.02. The van der Waals surface area contributed by atoms with Gasteiger partial charge in [-0.05, 0) is 18.3 Å². The lowest BCUT2D eigenvalue weighted by Gasteiger charge is -2.17. The van der Waals surface area contributed by atoms with Crippen molar-refractivity contribution in [3.63, 3.8) is 0 Å². The Morgan fingerprint density at radius 3 is 2.43 bits per heavy atom. The van der Waals surface area contributed by atoms with Gasteiger partial charge in [0.25, 0.3) is 0 Å². The lowest BCUT2D eigenvalue weighted by atomic mass is 10.0. The summed E-state index contributed by atoms with van der Waals surface area (Å²) < 4.78 is 0. The Balaban J connectivity index is 3.73. The monoisotopic (exact) mass is 202 g/mol. The molecule has 4 N–H and O–H groups in total. The van der Waals surface area contributed by atoms with Crippen LogP contribution in [0.4, 0.5) is 0 Å². The molecule has 4 heteroatoms. The molecule has 0 aliphatic carbocycles. The SMILES string of the molecule is CC(CCO)CNC(=O)[C@@H](N)C(C)C. The van der Waals surface area contributed by atoms with E-state index in [4.69, 9.17) is 10.8 Å². The van der Waals surface area contributed by atoms with Crippen LogP contribution in [0.25, 0.3) is 0 Å². The van der Waals surface area contributed by atoms with Gasteiger partial charge in [0.1, 0.15) is 0 Å². The second-order valence-corrected chi connectivity index (χ2v) is 4.13. The van der Waals surface area contributed by atoms with E-state index < -0.39 is 6.04 Å². The first kappa shape index (κ1) is 13.4. The number of nitrogens with one attached hydrogen (secondary N) is 1. The summed E-state index contributed by atoms with van der Waals surface area (Å²) in [6, 6.07) is -0.434. The molecule has 14 heavy (non-hydrogen) atoms. The van der Waals surface area contributed by atoms with E-state index in [2.05, 4.69) is 5.32 Å². The van der Waals surface area contributed by atoms with Crippen LogP contribution in [0.1, 0.15) is 27.2 Å². The topological polar surface area (TPSA) is 75.3 Å². The first-order valence-corrected chi connectivity index (χ1v) is 5.13. The van der Waals surface area contributed by atoms with Gasteiger partial charge in [-0.15, -0.1) is 0 Å². The molecule has 0 radical (unpaired) electrons. The van der Waals surface area contributed by atoms with Gasteiger partial charge in [0.2, 0.25) is 5.91 Å². The smallest absolute Gasteiger partial charge is 0.237 e. The number of carbonyl (C=O) groups excluding carboxylic acids is 1. The van der Waals surface area contributed by atoms with Crippen molar-refractivity contribution < 1.29 is 9.90 Å². The largest absolute Gasteiger partial charge is 0.396 e. The summed E-state index contributed by atoms with van der Waals surface area (Å²) in [4.78, 5) is 11.4. The second-order valence-electron chi connectivity index (χ2n) is 4.13. The van der Waals surface area contributed by atoms with E-state index in [-0.39, 0.29) is 18.4 Å². The highest BCUT2D eigenvalue weighted by Crippen LogP contribution is 2.00. The molecule has 0 heterocycles. The Labute approximate surface area is 85.9 Å². The van der Waals surface area contributed by atoms with E-state index in [0.29, 0.717) is 18.9 Å². The predicted octanol–water partition coefficient (Wildman–Crippen LogP) is 0.104. The van der Waals surface area contributed by atoms with E-state index in [1.54, 1.807) is 0 Å². The third-order valence-electron chi connectivity index (χ3n) is 2.27. The van der Waals surface area contributed by atoms with Gasteiger partial charge in [-0.3, -0.25) is 4.79 Å². The van der Waals surface area contributed by atoms with Crippen molar-refractivity contribution >= 4 is 5.91 Å².